The number of rotatable bonds is 7. The molecule has 1 saturated heterocycles. The van der Waals surface area contributed by atoms with Crippen molar-refractivity contribution < 1.29 is 13.2 Å². The lowest BCUT2D eigenvalue weighted by Crippen LogP contribution is -2.40. The van der Waals surface area contributed by atoms with Crippen molar-refractivity contribution in [1.82, 2.24) is 14.9 Å². The van der Waals surface area contributed by atoms with E-state index in [9.17, 15) is 13.2 Å². The Labute approximate surface area is 103 Å². The maximum Gasteiger partial charge on any atom is 0.239 e. The van der Waals surface area contributed by atoms with Gasteiger partial charge in [0.1, 0.15) is 0 Å². The minimum absolute atomic E-state index is 0.0125. The van der Waals surface area contributed by atoms with Crippen molar-refractivity contribution in [2.24, 2.45) is 0 Å². The summed E-state index contributed by atoms with van der Waals surface area (Å²) in [7, 11) is -3.24. The van der Waals surface area contributed by atoms with Crippen molar-refractivity contribution in [3.63, 3.8) is 0 Å². The zero-order valence-corrected chi connectivity index (χ0v) is 11.2. The highest BCUT2D eigenvalue weighted by atomic mass is 32.2. The second-order valence-corrected chi connectivity index (χ2v) is 5.97. The van der Waals surface area contributed by atoms with E-state index >= 15 is 0 Å². The zero-order chi connectivity index (χ0) is 12.9. The van der Waals surface area contributed by atoms with Gasteiger partial charge in [-0.3, -0.25) is 4.79 Å². The van der Waals surface area contributed by atoms with Crippen LogP contribution in [0.2, 0.25) is 0 Å². The summed E-state index contributed by atoms with van der Waals surface area (Å²) in [5.41, 5.74) is 0. The van der Waals surface area contributed by atoms with Crippen LogP contribution in [-0.4, -0.2) is 57.2 Å². The number of likely N-dealkylation sites (tertiary alicyclic amines) is 1. The van der Waals surface area contributed by atoms with Gasteiger partial charge in [-0.25, -0.2) is 13.1 Å². The van der Waals surface area contributed by atoms with Crippen LogP contribution in [0.5, 0.6) is 0 Å². The third-order valence-electron chi connectivity index (χ3n) is 2.74. The first-order valence-corrected chi connectivity index (χ1v) is 7.65. The highest BCUT2D eigenvalue weighted by Gasteiger charge is 2.31. The van der Waals surface area contributed by atoms with Gasteiger partial charge in [-0.05, 0) is 13.0 Å². The van der Waals surface area contributed by atoms with Crippen LogP contribution in [0.25, 0.3) is 0 Å². The molecule has 1 fully saturated rings. The topological polar surface area (TPSA) is 78.5 Å². The van der Waals surface area contributed by atoms with Crippen LogP contribution in [0.15, 0.2) is 0 Å². The van der Waals surface area contributed by atoms with Crippen molar-refractivity contribution in [1.29, 1.82) is 0 Å². The van der Waals surface area contributed by atoms with Crippen LogP contribution in [0.4, 0.5) is 0 Å². The van der Waals surface area contributed by atoms with E-state index < -0.39 is 10.0 Å². The van der Waals surface area contributed by atoms with E-state index in [0.717, 1.165) is 13.0 Å². The molecule has 1 unspecified atom stereocenters. The van der Waals surface area contributed by atoms with Crippen molar-refractivity contribution in [2.45, 2.75) is 26.3 Å². The number of nitrogens with one attached hydrogen (secondary N) is 2. The number of hydrogen-bond acceptors (Lipinski definition) is 4. The van der Waals surface area contributed by atoms with Gasteiger partial charge in [0.2, 0.25) is 15.9 Å². The smallest absolute Gasteiger partial charge is 0.239 e. The SMILES string of the molecule is CCNC1CCN(CCS(=O)(=O)NCC)C1=O. The molecule has 0 saturated carbocycles. The van der Waals surface area contributed by atoms with Gasteiger partial charge in [-0.15, -0.1) is 0 Å². The van der Waals surface area contributed by atoms with Gasteiger partial charge in [-0.2, -0.15) is 0 Å². The van der Waals surface area contributed by atoms with Crippen molar-refractivity contribution in [3.05, 3.63) is 0 Å². The van der Waals surface area contributed by atoms with E-state index in [2.05, 4.69) is 10.0 Å². The number of hydrogen-bond donors (Lipinski definition) is 2. The average Bonchev–Trinajstić information content (AvgIpc) is 2.59. The molecule has 100 valence electrons. The molecule has 1 aliphatic heterocycles. The van der Waals surface area contributed by atoms with Gasteiger partial charge in [-0.1, -0.05) is 13.8 Å². The first-order valence-electron chi connectivity index (χ1n) is 5.99. The molecule has 0 spiro atoms. The summed E-state index contributed by atoms with van der Waals surface area (Å²) >= 11 is 0. The van der Waals surface area contributed by atoms with Crippen LogP contribution < -0.4 is 10.0 Å². The number of amides is 1. The van der Waals surface area contributed by atoms with E-state index in [1.54, 1.807) is 11.8 Å². The van der Waals surface area contributed by atoms with Crippen LogP contribution in [0.3, 0.4) is 0 Å². The van der Waals surface area contributed by atoms with E-state index in [4.69, 9.17) is 0 Å². The van der Waals surface area contributed by atoms with Crippen LogP contribution in [-0.2, 0) is 14.8 Å². The zero-order valence-electron chi connectivity index (χ0n) is 10.4. The summed E-state index contributed by atoms with van der Waals surface area (Å²) in [4.78, 5) is 13.4. The quantitative estimate of drug-likeness (QED) is 0.626. The fourth-order valence-electron chi connectivity index (χ4n) is 1.92. The van der Waals surface area contributed by atoms with E-state index in [1.165, 1.54) is 0 Å². The van der Waals surface area contributed by atoms with E-state index in [1.807, 2.05) is 6.92 Å². The van der Waals surface area contributed by atoms with Gasteiger partial charge >= 0.3 is 0 Å². The second kappa shape index (κ2) is 6.32. The molecular weight excluding hydrogens is 242 g/mol. The van der Waals surface area contributed by atoms with E-state index in [0.29, 0.717) is 13.1 Å². The molecule has 1 aliphatic rings. The molecule has 7 heteroatoms. The largest absolute Gasteiger partial charge is 0.340 e. The Bertz CT molecular complexity index is 356. The van der Waals surface area contributed by atoms with Crippen molar-refractivity contribution in [2.75, 3.05) is 31.9 Å². The van der Waals surface area contributed by atoms with Crippen LogP contribution in [0, 0.1) is 0 Å². The summed E-state index contributed by atoms with van der Waals surface area (Å²) in [6, 6.07) is -0.137. The fraction of sp³-hybridized carbons (Fsp3) is 0.900. The number of sulfonamides is 1. The van der Waals surface area contributed by atoms with Crippen molar-refractivity contribution in [3.8, 4) is 0 Å². The highest BCUT2D eigenvalue weighted by molar-refractivity contribution is 7.89. The molecule has 1 atom stereocenters. The van der Waals surface area contributed by atoms with Gasteiger partial charge in [0, 0.05) is 19.6 Å². The molecule has 2 N–H and O–H groups in total. The van der Waals surface area contributed by atoms with Gasteiger partial charge < -0.3 is 10.2 Å². The highest BCUT2D eigenvalue weighted by Crippen LogP contribution is 2.10. The maximum absolute atomic E-state index is 11.8. The Morgan fingerprint density at radius 1 is 1.35 bits per heavy atom. The van der Waals surface area contributed by atoms with Crippen molar-refractivity contribution >= 4 is 15.9 Å². The minimum Gasteiger partial charge on any atom is -0.340 e. The average molecular weight is 263 g/mol. The Morgan fingerprint density at radius 3 is 2.65 bits per heavy atom. The summed E-state index contributed by atoms with van der Waals surface area (Å²) in [6.07, 6.45) is 0.758. The lowest BCUT2D eigenvalue weighted by Gasteiger charge is -2.16. The predicted octanol–water partition coefficient (Wildman–Crippen LogP) is -0.864. The normalized spacial score (nSPS) is 21.2. The molecule has 1 amide bonds. The third kappa shape index (κ3) is 4.25. The predicted molar refractivity (Wildman–Crippen MR) is 66.1 cm³/mol. The Morgan fingerprint density at radius 2 is 2.06 bits per heavy atom. The first kappa shape index (κ1) is 14.4. The molecule has 0 aromatic carbocycles. The molecule has 6 nitrogen and oxygen atoms in total. The molecular formula is C10H21N3O3S. The first-order chi connectivity index (χ1) is 8.00. The molecule has 0 aliphatic carbocycles. The van der Waals surface area contributed by atoms with Crippen LogP contribution in [0.1, 0.15) is 20.3 Å². The van der Waals surface area contributed by atoms with Gasteiger partial charge in [0.25, 0.3) is 0 Å². The van der Waals surface area contributed by atoms with Gasteiger partial charge in [0.05, 0.1) is 11.8 Å². The monoisotopic (exact) mass is 263 g/mol. The lowest BCUT2D eigenvalue weighted by molar-refractivity contribution is -0.129. The standard InChI is InChI=1S/C10H21N3O3S/c1-3-11-9-5-6-13(10(9)14)7-8-17(15,16)12-4-2/h9,11-12H,3-8H2,1-2H3. The Balaban J connectivity index is 2.42. The molecule has 0 bridgehead atoms. The summed E-state index contributed by atoms with van der Waals surface area (Å²) < 4.78 is 25.3. The lowest BCUT2D eigenvalue weighted by atomic mass is 10.2. The summed E-state index contributed by atoms with van der Waals surface area (Å²) in [6.45, 7) is 5.73. The summed E-state index contributed by atoms with van der Waals surface area (Å²) in [5, 5.41) is 3.09. The molecule has 1 heterocycles. The fourth-order valence-corrected chi connectivity index (χ4v) is 2.96. The van der Waals surface area contributed by atoms with Crippen LogP contribution >= 0.6 is 0 Å². The molecule has 0 radical (unpaired) electrons. The van der Waals surface area contributed by atoms with Gasteiger partial charge in [0.15, 0.2) is 0 Å². The van der Waals surface area contributed by atoms with E-state index in [-0.39, 0.29) is 24.2 Å². The Kier molecular flexibility index (Phi) is 5.35. The molecule has 1 rings (SSSR count). The molecule has 0 aromatic rings. The number of carbonyl (C=O) groups is 1. The minimum atomic E-state index is -3.24. The Hall–Kier alpha value is -0.660. The third-order valence-corrected chi connectivity index (χ3v) is 4.19. The number of nitrogens with zero attached hydrogens (tertiary/aromatic N) is 1. The maximum atomic E-state index is 11.8. The molecule has 0 aromatic heterocycles. The molecule has 17 heavy (non-hydrogen) atoms. The number of carbonyl (C=O) groups excluding carboxylic acids is 1. The second-order valence-electron chi connectivity index (χ2n) is 4.04. The number of likely N-dealkylation sites (N-methyl/N-ethyl adjacent to an activating group) is 1. The summed E-state index contributed by atoms with van der Waals surface area (Å²) in [5.74, 6) is -0.00985.